The summed E-state index contributed by atoms with van der Waals surface area (Å²) in [5.41, 5.74) is 0.992. The maximum atomic E-state index is 12.2. The molecule has 1 aliphatic rings. The highest BCUT2D eigenvalue weighted by Crippen LogP contribution is 2.18. The van der Waals surface area contributed by atoms with Gasteiger partial charge in [-0.3, -0.25) is 4.79 Å². The first-order valence-corrected chi connectivity index (χ1v) is 7.78. The zero-order valence-corrected chi connectivity index (χ0v) is 13.2. The lowest BCUT2D eigenvalue weighted by Crippen LogP contribution is -2.38. The molecule has 1 heterocycles. The van der Waals surface area contributed by atoms with Crippen molar-refractivity contribution in [2.45, 2.75) is 39.7 Å². The van der Waals surface area contributed by atoms with Crippen LogP contribution in [0.15, 0.2) is 30.3 Å². The topological polar surface area (TPSA) is 29.5 Å². The maximum absolute atomic E-state index is 12.2. The van der Waals surface area contributed by atoms with Crippen LogP contribution < -0.4 is 4.74 Å². The van der Waals surface area contributed by atoms with E-state index in [-0.39, 0.29) is 12.0 Å². The zero-order valence-electron chi connectivity index (χ0n) is 13.2. The molecule has 1 unspecified atom stereocenters. The third kappa shape index (κ3) is 4.92. The molecule has 1 atom stereocenters. The van der Waals surface area contributed by atoms with Gasteiger partial charge in [0.05, 0.1) is 6.10 Å². The van der Waals surface area contributed by atoms with Crippen LogP contribution in [0.1, 0.15) is 39.2 Å². The van der Waals surface area contributed by atoms with E-state index in [4.69, 9.17) is 4.74 Å². The van der Waals surface area contributed by atoms with E-state index >= 15 is 0 Å². The highest BCUT2D eigenvalue weighted by atomic mass is 16.5. The molecule has 1 aromatic carbocycles. The molecule has 0 N–H and O–H groups in total. The SMILES string of the molecule is CC1CCCN(C(=O)/C=C/c2cccc(OC(C)C)c2)C1. The van der Waals surface area contributed by atoms with Crippen molar-refractivity contribution in [1.82, 2.24) is 4.90 Å². The Hall–Kier alpha value is -1.77. The van der Waals surface area contributed by atoms with Gasteiger partial charge in [-0.1, -0.05) is 19.1 Å². The molecule has 3 nitrogen and oxygen atoms in total. The van der Waals surface area contributed by atoms with E-state index in [1.807, 2.05) is 49.1 Å². The lowest BCUT2D eigenvalue weighted by molar-refractivity contribution is -0.127. The number of benzene rings is 1. The lowest BCUT2D eigenvalue weighted by Gasteiger charge is -2.30. The predicted octanol–water partition coefficient (Wildman–Crippen LogP) is 3.75. The molecule has 0 aliphatic carbocycles. The second-order valence-electron chi connectivity index (χ2n) is 6.10. The quantitative estimate of drug-likeness (QED) is 0.789. The van der Waals surface area contributed by atoms with E-state index in [2.05, 4.69) is 6.92 Å². The van der Waals surface area contributed by atoms with Crippen molar-refractivity contribution in [1.29, 1.82) is 0 Å². The van der Waals surface area contributed by atoms with Crippen LogP contribution in [0.5, 0.6) is 5.75 Å². The molecule has 0 spiro atoms. The van der Waals surface area contributed by atoms with Crippen molar-refractivity contribution in [2.24, 2.45) is 5.92 Å². The number of hydrogen-bond acceptors (Lipinski definition) is 2. The molecule has 2 rings (SSSR count). The van der Waals surface area contributed by atoms with Crippen molar-refractivity contribution < 1.29 is 9.53 Å². The molecular formula is C18H25NO2. The predicted molar refractivity (Wildman–Crippen MR) is 86.2 cm³/mol. The van der Waals surface area contributed by atoms with Gasteiger partial charge in [0.2, 0.25) is 5.91 Å². The van der Waals surface area contributed by atoms with Crippen molar-refractivity contribution in [3.05, 3.63) is 35.9 Å². The maximum Gasteiger partial charge on any atom is 0.246 e. The van der Waals surface area contributed by atoms with E-state index in [0.717, 1.165) is 30.8 Å². The third-order valence-electron chi connectivity index (χ3n) is 3.62. The Morgan fingerprint density at radius 3 is 2.95 bits per heavy atom. The van der Waals surface area contributed by atoms with Gasteiger partial charge in [-0.2, -0.15) is 0 Å². The van der Waals surface area contributed by atoms with Crippen molar-refractivity contribution in [3.63, 3.8) is 0 Å². The summed E-state index contributed by atoms with van der Waals surface area (Å²) in [5, 5.41) is 0. The largest absolute Gasteiger partial charge is 0.491 e. The number of carbonyl (C=O) groups is 1. The zero-order chi connectivity index (χ0) is 15.2. The molecule has 1 amide bonds. The van der Waals surface area contributed by atoms with E-state index in [0.29, 0.717) is 5.92 Å². The summed E-state index contributed by atoms with van der Waals surface area (Å²) in [5.74, 6) is 1.56. The molecule has 1 saturated heterocycles. The summed E-state index contributed by atoms with van der Waals surface area (Å²) in [6, 6.07) is 7.83. The van der Waals surface area contributed by atoms with E-state index in [1.165, 1.54) is 6.42 Å². The van der Waals surface area contributed by atoms with Crippen molar-refractivity contribution in [2.75, 3.05) is 13.1 Å². The monoisotopic (exact) mass is 287 g/mol. The highest BCUT2D eigenvalue weighted by molar-refractivity contribution is 5.91. The van der Waals surface area contributed by atoms with E-state index in [9.17, 15) is 4.79 Å². The van der Waals surface area contributed by atoms with Crippen LogP contribution in [0.3, 0.4) is 0 Å². The standard InChI is InChI=1S/C18H25NO2/c1-14(2)21-17-8-4-7-16(12-17)9-10-18(20)19-11-5-6-15(3)13-19/h4,7-10,12,14-15H,5-6,11,13H2,1-3H3/b10-9+. The van der Waals surface area contributed by atoms with Gasteiger partial charge in [-0.15, -0.1) is 0 Å². The molecule has 0 saturated carbocycles. The van der Waals surface area contributed by atoms with Crippen LogP contribution in [-0.2, 0) is 4.79 Å². The minimum atomic E-state index is 0.108. The van der Waals surface area contributed by atoms with Gasteiger partial charge in [-0.05, 0) is 56.4 Å². The number of rotatable bonds is 4. The molecule has 3 heteroatoms. The first-order valence-electron chi connectivity index (χ1n) is 7.78. The second kappa shape index (κ2) is 7.30. The molecule has 0 radical (unpaired) electrons. The van der Waals surface area contributed by atoms with Crippen LogP contribution in [0, 0.1) is 5.92 Å². The minimum Gasteiger partial charge on any atom is -0.491 e. The Kier molecular flexibility index (Phi) is 5.43. The molecule has 114 valence electrons. The third-order valence-corrected chi connectivity index (χ3v) is 3.62. The van der Waals surface area contributed by atoms with Gasteiger partial charge in [0.1, 0.15) is 5.75 Å². The average Bonchev–Trinajstić information content (AvgIpc) is 2.44. The molecule has 1 fully saturated rings. The van der Waals surface area contributed by atoms with E-state index < -0.39 is 0 Å². The molecule has 1 aliphatic heterocycles. The summed E-state index contributed by atoms with van der Waals surface area (Å²) in [6.07, 6.45) is 6.03. The fourth-order valence-corrected chi connectivity index (χ4v) is 2.63. The minimum absolute atomic E-state index is 0.108. The number of amides is 1. The van der Waals surface area contributed by atoms with Gasteiger partial charge >= 0.3 is 0 Å². The summed E-state index contributed by atoms with van der Waals surface area (Å²) >= 11 is 0. The summed E-state index contributed by atoms with van der Waals surface area (Å²) < 4.78 is 5.66. The summed E-state index contributed by atoms with van der Waals surface area (Å²) in [7, 11) is 0. The average molecular weight is 287 g/mol. The first kappa shape index (κ1) is 15.6. The second-order valence-corrected chi connectivity index (χ2v) is 6.10. The number of likely N-dealkylation sites (tertiary alicyclic amines) is 1. The Balaban J connectivity index is 1.98. The van der Waals surface area contributed by atoms with Gasteiger partial charge < -0.3 is 9.64 Å². The Morgan fingerprint density at radius 1 is 1.43 bits per heavy atom. The van der Waals surface area contributed by atoms with Crippen LogP contribution >= 0.6 is 0 Å². The number of hydrogen-bond donors (Lipinski definition) is 0. The Labute approximate surface area is 127 Å². The molecule has 0 aromatic heterocycles. The van der Waals surface area contributed by atoms with Gasteiger partial charge in [0.15, 0.2) is 0 Å². The lowest BCUT2D eigenvalue weighted by atomic mass is 10.0. The summed E-state index contributed by atoms with van der Waals surface area (Å²) in [6.45, 7) is 7.96. The fraction of sp³-hybridized carbons (Fsp3) is 0.500. The van der Waals surface area contributed by atoms with Crippen LogP contribution in [0.2, 0.25) is 0 Å². The molecular weight excluding hydrogens is 262 g/mol. The normalized spacial score (nSPS) is 19.2. The van der Waals surface area contributed by atoms with Crippen molar-refractivity contribution >= 4 is 12.0 Å². The summed E-state index contributed by atoms with van der Waals surface area (Å²) in [4.78, 5) is 14.1. The number of carbonyl (C=O) groups excluding carboxylic acids is 1. The van der Waals surface area contributed by atoms with Crippen LogP contribution in [-0.4, -0.2) is 30.0 Å². The Morgan fingerprint density at radius 2 is 2.24 bits per heavy atom. The van der Waals surface area contributed by atoms with Crippen LogP contribution in [0.25, 0.3) is 6.08 Å². The smallest absolute Gasteiger partial charge is 0.246 e. The Bertz CT molecular complexity index is 508. The highest BCUT2D eigenvalue weighted by Gasteiger charge is 2.18. The van der Waals surface area contributed by atoms with Gasteiger partial charge in [-0.25, -0.2) is 0 Å². The number of nitrogens with zero attached hydrogens (tertiary/aromatic N) is 1. The fourth-order valence-electron chi connectivity index (χ4n) is 2.63. The number of ether oxygens (including phenoxy) is 1. The van der Waals surface area contributed by atoms with Crippen molar-refractivity contribution in [3.8, 4) is 5.75 Å². The van der Waals surface area contributed by atoms with Gasteiger partial charge in [0, 0.05) is 19.2 Å². The molecule has 21 heavy (non-hydrogen) atoms. The van der Waals surface area contributed by atoms with Gasteiger partial charge in [0.25, 0.3) is 0 Å². The molecule has 0 bridgehead atoms. The number of piperidine rings is 1. The first-order chi connectivity index (χ1) is 10.0. The molecule has 1 aromatic rings. The van der Waals surface area contributed by atoms with Crippen LogP contribution in [0.4, 0.5) is 0 Å². The van der Waals surface area contributed by atoms with E-state index in [1.54, 1.807) is 6.08 Å².